The minimum absolute atomic E-state index is 0.00993. The topological polar surface area (TPSA) is 65.5 Å². The monoisotopic (exact) mass is 263 g/mol. The fourth-order valence-electron chi connectivity index (χ4n) is 2.53. The third-order valence-corrected chi connectivity index (χ3v) is 3.68. The minimum atomic E-state index is -0.191. The summed E-state index contributed by atoms with van der Waals surface area (Å²) in [6.07, 6.45) is 7.93. The van der Waals surface area contributed by atoms with Gasteiger partial charge in [-0.3, -0.25) is 9.78 Å². The van der Waals surface area contributed by atoms with Crippen LogP contribution in [0.2, 0.25) is 0 Å². The molecular weight excluding hydrogens is 242 g/mol. The van der Waals surface area contributed by atoms with Crippen molar-refractivity contribution in [3.05, 3.63) is 24.0 Å². The molecule has 2 N–H and O–H groups in total. The van der Waals surface area contributed by atoms with E-state index < -0.39 is 0 Å². The van der Waals surface area contributed by atoms with Gasteiger partial charge >= 0.3 is 0 Å². The van der Waals surface area contributed by atoms with Crippen molar-refractivity contribution in [2.24, 2.45) is 0 Å². The highest BCUT2D eigenvalue weighted by molar-refractivity contribution is 5.94. The molecule has 1 saturated carbocycles. The molecule has 104 valence electrons. The summed E-state index contributed by atoms with van der Waals surface area (Å²) in [6, 6.07) is 2.09. The van der Waals surface area contributed by atoms with Crippen molar-refractivity contribution < 1.29 is 9.90 Å². The van der Waals surface area contributed by atoms with Crippen molar-refractivity contribution in [1.82, 2.24) is 15.2 Å². The lowest BCUT2D eigenvalue weighted by Gasteiger charge is -2.23. The Labute approximate surface area is 113 Å². The Morgan fingerprint density at radius 2 is 2.21 bits per heavy atom. The summed E-state index contributed by atoms with van der Waals surface area (Å²) in [5.41, 5.74) is 0.392. The Morgan fingerprint density at radius 1 is 1.47 bits per heavy atom. The highest BCUT2D eigenvalue weighted by atomic mass is 16.3. The summed E-state index contributed by atoms with van der Waals surface area (Å²) in [6.45, 7) is 1.46. The quantitative estimate of drug-likeness (QED) is 0.842. The van der Waals surface area contributed by atoms with Crippen molar-refractivity contribution in [2.45, 2.75) is 31.7 Å². The van der Waals surface area contributed by atoms with Crippen molar-refractivity contribution >= 4 is 5.91 Å². The maximum Gasteiger partial charge on any atom is 0.253 e. The van der Waals surface area contributed by atoms with Gasteiger partial charge in [-0.2, -0.15) is 0 Å². The Morgan fingerprint density at radius 3 is 2.89 bits per heavy atom. The molecule has 1 amide bonds. The smallest absolute Gasteiger partial charge is 0.253 e. The number of nitrogens with one attached hydrogen (secondary N) is 1. The van der Waals surface area contributed by atoms with Crippen LogP contribution in [-0.4, -0.2) is 47.1 Å². The van der Waals surface area contributed by atoms with Gasteiger partial charge in [0.05, 0.1) is 11.8 Å². The standard InChI is InChI=1S/C14H21N3O2/c1-17(12-4-2-3-5-12)7-6-16-14(19)11-8-13(18)10-15-9-11/h8-10,12,18H,2-7H2,1H3,(H,16,19). The average Bonchev–Trinajstić information content (AvgIpc) is 2.92. The number of aromatic nitrogens is 1. The Bertz CT molecular complexity index is 430. The summed E-state index contributed by atoms with van der Waals surface area (Å²) in [7, 11) is 2.11. The predicted molar refractivity (Wildman–Crippen MR) is 73.1 cm³/mol. The van der Waals surface area contributed by atoms with Crippen LogP contribution in [0.15, 0.2) is 18.5 Å². The van der Waals surface area contributed by atoms with Gasteiger partial charge in [0.15, 0.2) is 0 Å². The fraction of sp³-hybridized carbons (Fsp3) is 0.571. The van der Waals surface area contributed by atoms with E-state index in [0.717, 1.165) is 6.54 Å². The van der Waals surface area contributed by atoms with Crippen LogP contribution >= 0.6 is 0 Å². The van der Waals surface area contributed by atoms with Gasteiger partial charge in [0, 0.05) is 25.3 Å². The molecule has 0 aliphatic heterocycles. The van der Waals surface area contributed by atoms with Crippen molar-refractivity contribution in [1.29, 1.82) is 0 Å². The maximum absolute atomic E-state index is 11.8. The Balaban J connectivity index is 1.74. The van der Waals surface area contributed by atoms with Gasteiger partial charge in [0.25, 0.3) is 5.91 Å². The molecule has 1 aromatic heterocycles. The normalized spacial score (nSPS) is 15.9. The number of hydrogen-bond donors (Lipinski definition) is 2. The molecule has 1 aliphatic carbocycles. The highest BCUT2D eigenvalue weighted by Gasteiger charge is 2.19. The van der Waals surface area contributed by atoms with Gasteiger partial charge < -0.3 is 15.3 Å². The number of pyridine rings is 1. The molecule has 1 fully saturated rings. The summed E-state index contributed by atoms with van der Waals surface area (Å²) >= 11 is 0. The van der Waals surface area contributed by atoms with E-state index in [4.69, 9.17) is 0 Å². The summed E-state index contributed by atoms with van der Waals surface area (Å²) < 4.78 is 0. The second-order valence-corrected chi connectivity index (χ2v) is 5.11. The molecule has 1 aromatic rings. The van der Waals surface area contributed by atoms with E-state index in [1.807, 2.05) is 0 Å². The minimum Gasteiger partial charge on any atom is -0.506 e. The van der Waals surface area contributed by atoms with Crippen molar-refractivity contribution in [2.75, 3.05) is 20.1 Å². The molecule has 1 heterocycles. The summed E-state index contributed by atoms with van der Waals surface area (Å²) in [4.78, 5) is 17.9. The first-order valence-corrected chi connectivity index (χ1v) is 6.79. The number of likely N-dealkylation sites (N-methyl/N-ethyl adjacent to an activating group) is 1. The molecule has 19 heavy (non-hydrogen) atoms. The molecule has 2 rings (SSSR count). The van der Waals surface area contributed by atoms with E-state index >= 15 is 0 Å². The summed E-state index contributed by atoms with van der Waals surface area (Å²) in [5, 5.41) is 12.1. The van der Waals surface area contributed by atoms with Crippen molar-refractivity contribution in [3.8, 4) is 5.75 Å². The predicted octanol–water partition coefficient (Wildman–Crippen LogP) is 1.39. The van der Waals surface area contributed by atoms with Crippen LogP contribution in [0.3, 0.4) is 0 Å². The van der Waals surface area contributed by atoms with Crippen LogP contribution in [0.5, 0.6) is 5.75 Å². The zero-order chi connectivity index (χ0) is 13.7. The fourth-order valence-corrected chi connectivity index (χ4v) is 2.53. The van der Waals surface area contributed by atoms with Gasteiger partial charge in [-0.25, -0.2) is 0 Å². The largest absolute Gasteiger partial charge is 0.506 e. The van der Waals surface area contributed by atoms with Crippen LogP contribution in [0.4, 0.5) is 0 Å². The van der Waals surface area contributed by atoms with Gasteiger partial charge in [0.2, 0.25) is 0 Å². The zero-order valence-corrected chi connectivity index (χ0v) is 11.3. The van der Waals surface area contributed by atoms with E-state index in [1.54, 1.807) is 0 Å². The summed E-state index contributed by atoms with van der Waals surface area (Å²) in [5.74, 6) is -0.182. The molecule has 1 aliphatic rings. The first kappa shape index (κ1) is 13.8. The molecule has 0 radical (unpaired) electrons. The number of nitrogens with zero attached hydrogens (tertiary/aromatic N) is 2. The van der Waals surface area contributed by atoms with Gasteiger partial charge in [-0.05, 0) is 26.0 Å². The van der Waals surface area contributed by atoms with E-state index in [-0.39, 0.29) is 11.7 Å². The highest BCUT2D eigenvalue weighted by Crippen LogP contribution is 2.21. The van der Waals surface area contributed by atoms with E-state index in [0.29, 0.717) is 18.2 Å². The maximum atomic E-state index is 11.8. The third-order valence-electron chi connectivity index (χ3n) is 3.68. The lowest BCUT2D eigenvalue weighted by Crippen LogP contribution is -2.37. The van der Waals surface area contributed by atoms with E-state index in [9.17, 15) is 9.90 Å². The molecule has 0 spiro atoms. The second kappa shape index (κ2) is 6.52. The molecule has 0 atom stereocenters. The molecular formula is C14H21N3O2. The molecule has 0 saturated heterocycles. The average molecular weight is 263 g/mol. The Hall–Kier alpha value is -1.62. The third kappa shape index (κ3) is 3.92. The molecule has 5 nitrogen and oxygen atoms in total. The van der Waals surface area contributed by atoms with Crippen LogP contribution in [0.1, 0.15) is 36.0 Å². The van der Waals surface area contributed by atoms with Crippen LogP contribution < -0.4 is 5.32 Å². The van der Waals surface area contributed by atoms with Gasteiger partial charge in [-0.15, -0.1) is 0 Å². The first-order valence-electron chi connectivity index (χ1n) is 6.79. The van der Waals surface area contributed by atoms with E-state index in [1.165, 1.54) is 44.1 Å². The number of aromatic hydroxyl groups is 1. The van der Waals surface area contributed by atoms with Gasteiger partial charge in [-0.1, -0.05) is 12.8 Å². The lowest BCUT2D eigenvalue weighted by molar-refractivity contribution is 0.0946. The van der Waals surface area contributed by atoms with Crippen LogP contribution in [-0.2, 0) is 0 Å². The second-order valence-electron chi connectivity index (χ2n) is 5.11. The van der Waals surface area contributed by atoms with E-state index in [2.05, 4.69) is 22.2 Å². The molecule has 5 heteroatoms. The first-order chi connectivity index (χ1) is 9.16. The number of amides is 1. The number of carbonyl (C=O) groups excluding carboxylic acids is 1. The number of hydrogen-bond acceptors (Lipinski definition) is 4. The Kier molecular flexibility index (Phi) is 4.74. The SMILES string of the molecule is CN(CCNC(=O)c1cncc(O)c1)C1CCCC1. The van der Waals surface area contributed by atoms with Crippen LogP contribution in [0.25, 0.3) is 0 Å². The number of carbonyl (C=O) groups is 1. The van der Waals surface area contributed by atoms with Gasteiger partial charge in [0.1, 0.15) is 5.75 Å². The zero-order valence-electron chi connectivity index (χ0n) is 11.3. The van der Waals surface area contributed by atoms with Crippen molar-refractivity contribution in [3.63, 3.8) is 0 Å². The lowest BCUT2D eigenvalue weighted by atomic mass is 10.2. The molecule has 0 unspecified atom stereocenters. The molecule has 0 bridgehead atoms. The number of rotatable bonds is 5. The molecule has 0 aromatic carbocycles. The van der Waals surface area contributed by atoms with Crippen LogP contribution in [0, 0.1) is 0 Å².